The molecular formula is C20H22FN4OS+. The van der Waals surface area contributed by atoms with Gasteiger partial charge in [-0.05, 0) is 36.4 Å². The highest BCUT2D eigenvalue weighted by Crippen LogP contribution is 2.26. The van der Waals surface area contributed by atoms with Crippen LogP contribution in [0.2, 0.25) is 0 Å². The van der Waals surface area contributed by atoms with E-state index in [1.54, 1.807) is 12.1 Å². The summed E-state index contributed by atoms with van der Waals surface area (Å²) in [4.78, 5) is 16.8. The molecule has 2 aromatic rings. The van der Waals surface area contributed by atoms with Crippen LogP contribution in [0.1, 0.15) is 0 Å². The molecule has 0 aromatic heterocycles. The lowest BCUT2D eigenvalue weighted by Crippen LogP contribution is -3.15. The number of nitrogens with one attached hydrogen (secondary N) is 2. The number of amides is 1. The first-order chi connectivity index (χ1) is 13.2. The lowest BCUT2D eigenvalue weighted by Gasteiger charge is -2.33. The van der Waals surface area contributed by atoms with E-state index in [2.05, 4.69) is 16.3 Å². The third-order valence-electron chi connectivity index (χ3n) is 4.53. The van der Waals surface area contributed by atoms with Crippen LogP contribution >= 0.6 is 11.8 Å². The quantitative estimate of drug-likeness (QED) is 0.745. The molecule has 7 heteroatoms. The second-order valence-electron chi connectivity index (χ2n) is 6.38. The minimum absolute atomic E-state index is 0.0229. The van der Waals surface area contributed by atoms with Gasteiger partial charge in [-0.2, -0.15) is 5.26 Å². The topological polar surface area (TPSA) is 60.6 Å². The molecule has 0 spiro atoms. The normalized spacial score (nSPS) is 14.6. The van der Waals surface area contributed by atoms with Gasteiger partial charge in [0.1, 0.15) is 5.82 Å². The number of hydrogen-bond acceptors (Lipinski definition) is 4. The van der Waals surface area contributed by atoms with Crippen molar-refractivity contribution in [3.8, 4) is 6.07 Å². The Hall–Kier alpha value is -2.56. The predicted molar refractivity (Wildman–Crippen MR) is 106 cm³/mol. The van der Waals surface area contributed by atoms with Crippen LogP contribution < -0.4 is 15.1 Å². The summed E-state index contributed by atoms with van der Waals surface area (Å²) in [6.45, 7) is 3.80. The molecule has 0 atom stereocenters. The molecule has 5 nitrogen and oxygen atoms in total. The van der Waals surface area contributed by atoms with Crippen LogP contribution in [0.3, 0.4) is 0 Å². The van der Waals surface area contributed by atoms with E-state index in [1.807, 2.05) is 24.3 Å². The fourth-order valence-electron chi connectivity index (χ4n) is 3.14. The first-order valence-corrected chi connectivity index (χ1v) is 9.87. The molecule has 0 aliphatic carbocycles. The Balaban J connectivity index is 1.50. The molecule has 0 radical (unpaired) electrons. The summed E-state index contributed by atoms with van der Waals surface area (Å²) in [5, 5.41) is 11.7. The van der Waals surface area contributed by atoms with E-state index < -0.39 is 0 Å². The molecule has 0 unspecified atom stereocenters. The number of quaternary nitrogens is 1. The zero-order valence-corrected chi connectivity index (χ0v) is 15.8. The maximum Gasteiger partial charge on any atom is 0.279 e. The Labute approximate surface area is 162 Å². The maximum absolute atomic E-state index is 13.1. The van der Waals surface area contributed by atoms with E-state index in [1.165, 1.54) is 28.8 Å². The number of nitriles is 1. The molecule has 0 saturated carbocycles. The van der Waals surface area contributed by atoms with Gasteiger partial charge in [0.15, 0.2) is 6.54 Å². The van der Waals surface area contributed by atoms with Crippen LogP contribution in [0.15, 0.2) is 53.4 Å². The molecule has 1 amide bonds. The van der Waals surface area contributed by atoms with Crippen molar-refractivity contribution in [3.63, 3.8) is 0 Å². The van der Waals surface area contributed by atoms with Crippen LogP contribution in [0.25, 0.3) is 0 Å². The Morgan fingerprint density at radius 1 is 1.19 bits per heavy atom. The number of anilines is 2. The van der Waals surface area contributed by atoms with Crippen LogP contribution in [-0.4, -0.2) is 44.4 Å². The number of carbonyl (C=O) groups excluding carboxylic acids is 1. The number of piperazine rings is 1. The Kier molecular flexibility index (Phi) is 6.69. The standard InChI is InChI=1S/C20H21FN4OS/c21-16-5-7-17(8-6-16)25-12-10-24(11-13-25)15-20(26)23-18-3-1-2-4-19(18)27-14-9-22/h1-8H,10-15H2,(H,23,26)/p+1. The van der Waals surface area contributed by atoms with Crippen LogP contribution in [-0.2, 0) is 4.79 Å². The van der Waals surface area contributed by atoms with Crippen molar-refractivity contribution in [2.45, 2.75) is 4.90 Å². The minimum Gasteiger partial charge on any atom is -0.360 e. The fraction of sp³-hybridized carbons (Fsp3) is 0.300. The highest BCUT2D eigenvalue weighted by molar-refractivity contribution is 7.99. The van der Waals surface area contributed by atoms with Gasteiger partial charge < -0.3 is 15.1 Å². The first-order valence-electron chi connectivity index (χ1n) is 8.88. The van der Waals surface area contributed by atoms with Gasteiger partial charge in [-0.3, -0.25) is 4.79 Å². The molecule has 2 aromatic carbocycles. The molecule has 1 aliphatic rings. The van der Waals surface area contributed by atoms with Crippen LogP contribution in [0.5, 0.6) is 0 Å². The number of halogens is 1. The van der Waals surface area contributed by atoms with Crippen molar-refractivity contribution in [3.05, 3.63) is 54.3 Å². The van der Waals surface area contributed by atoms with Crippen LogP contribution in [0, 0.1) is 17.1 Å². The fourth-order valence-corrected chi connectivity index (χ4v) is 3.81. The number of para-hydroxylation sites is 1. The molecular weight excluding hydrogens is 363 g/mol. The van der Waals surface area contributed by atoms with E-state index in [0.717, 1.165) is 42.4 Å². The minimum atomic E-state index is -0.229. The smallest absolute Gasteiger partial charge is 0.279 e. The van der Waals surface area contributed by atoms with E-state index >= 15 is 0 Å². The number of thioether (sulfide) groups is 1. The summed E-state index contributed by atoms with van der Waals surface area (Å²) in [5.41, 5.74) is 1.77. The van der Waals surface area contributed by atoms with Crippen molar-refractivity contribution in [2.24, 2.45) is 0 Å². The molecule has 1 heterocycles. The second-order valence-corrected chi connectivity index (χ2v) is 7.40. The van der Waals surface area contributed by atoms with Gasteiger partial charge in [-0.15, -0.1) is 11.8 Å². The largest absolute Gasteiger partial charge is 0.360 e. The highest BCUT2D eigenvalue weighted by atomic mass is 32.2. The molecule has 1 fully saturated rings. The average molecular weight is 385 g/mol. The van der Waals surface area contributed by atoms with Crippen molar-refractivity contribution in [1.29, 1.82) is 5.26 Å². The monoisotopic (exact) mass is 385 g/mol. The summed E-state index contributed by atoms with van der Waals surface area (Å²) in [7, 11) is 0. The molecule has 27 heavy (non-hydrogen) atoms. The molecule has 1 saturated heterocycles. The number of benzene rings is 2. The number of hydrogen-bond donors (Lipinski definition) is 2. The Morgan fingerprint density at radius 3 is 2.59 bits per heavy atom. The SMILES string of the molecule is N#CCSc1ccccc1NC(=O)C[NH+]1CCN(c2ccc(F)cc2)CC1. The highest BCUT2D eigenvalue weighted by Gasteiger charge is 2.22. The number of nitrogens with zero attached hydrogens (tertiary/aromatic N) is 2. The van der Waals surface area contributed by atoms with Crippen molar-refractivity contribution < 1.29 is 14.1 Å². The third-order valence-corrected chi connectivity index (χ3v) is 5.47. The molecule has 140 valence electrons. The molecule has 1 aliphatic heterocycles. The summed E-state index contributed by atoms with van der Waals surface area (Å²) in [5.74, 6) is 0.0989. The predicted octanol–water partition coefficient (Wildman–Crippen LogP) is 1.78. The summed E-state index contributed by atoms with van der Waals surface area (Å²) in [6.07, 6.45) is 0. The lowest BCUT2D eigenvalue weighted by molar-refractivity contribution is -0.892. The first kappa shape index (κ1) is 19.2. The third kappa shape index (κ3) is 5.46. The van der Waals surface area contributed by atoms with Gasteiger partial charge in [-0.1, -0.05) is 12.1 Å². The number of carbonyl (C=O) groups is 1. The molecule has 0 bridgehead atoms. The number of rotatable bonds is 6. The van der Waals surface area contributed by atoms with Gasteiger partial charge in [-0.25, -0.2) is 4.39 Å². The zero-order valence-electron chi connectivity index (χ0n) is 15.0. The summed E-state index contributed by atoms with van der Waals surface area (Å²) in [6, 6.07) is 16.2. The maximum atomic E-state index is 13.1. The second kappa shape index (κ2) is 9.40. The van der Waals surface area contributed by atoms with Crippen LogP contribution in [0.4, 0.5) is 15.8 Å². The zero-order chi connectivity index (χ0) is 19.1. The van der Waals surface area contributed by atoms with Crippen molar-refractivity contribution >= 4 is 29.0 Å². The molecule has 2 N–H and O–H groups in total. The van der Waals surface area contributed by atoms with Gasteiger partial charge in [0.05, 0.1) is 43.7 Å². The summed E-state index contributed by atoms with van der Waals surface area (Å²) >= 11 is 1.42. The van der Waals surface area contributed by atoms with Crippen molar-refractivity contribution in [1.82, 2.24) is 0 Å². The van der Waals surface area contributed by atoms with E-state index in [0.29, 0.717) is 12.3 Å². The Bertz CT molecular complexity index is 813. The van der Waals surface area contributed by atoms with Gasteiger partial charge in [0.2, 0.25) is 0 Å². The van der Waals surface area contributed by atoms with E-state index in [4.69, 9.17) is 5.26 Å². The Morgan fingerprint density at radius 2 is 1.89 bits per heavy atom. The van der Waals surface area contributed by atoms with Gasteiger partial charge in [0.25, 0.3) is 5.91 Å². The summed E-state index contributed by atoms with van der Waals surface area (Å²) < 4.78 is 13.1. The van der Waals surface area contributed by atoms with Gasteiger partial charge in [0, 0.05) is 10.6 Å². The average Bonchev–Trinajstić information content (AvgIpc) is 2.68. The van der Waals surface area contributed by atoms with Gasteiger partial charge >= 0.3 is 0 Å². The lowest BCUT2D eigenvalue weighted by atomic mass is 10.2. The van der Waals surface area contributed by atoms with E-state index in [9.17, 15) is 9.18 Å². The van der Waals surface area contributed by atoms with Crippen molar-refractivity contribution in [2.75, 3.05) is 48.7 Å². The van der Waals surface area contributed by atoms with E-state index in [-0.39, 0.29) is 11.7 Å². The molecule has 3 rings (SSSR count).